The van der Waals surface area contributed by atoms with Crippen LogP contribution in [0.2, 0.25) is 0 Å². The smallest absolute Gasteiger partial charge is 0.353 e. The molecule has 0 aliphatic carbocycles. The molecule has 0 bridgehead atoms. The van der Waals surface area contributed by atoms with Gasteiger partial charge in [0.1, 0.15) is 11.4 Å². The highest BCUT2D eigenvalue weighted by Gasteiger charge is 2.60. The average molecular weight is 414 g/mol. The summed E-state index contributed by atoms with van der Waals surface area (Å²) in [7, 11) is 0. The summed E-state index contributed by atoms with van der Waals surface area (Å²) in [6.45, 7) is 3.23. The first-order chi connectivity index (χ1) is 13.2. The molecule has 2 fully saturated rings. The first kappa shape index (κ1) is 20.6. The summed E-state index contributed by atoms with van der Waals surface area (Å²) in [4.78, 5) is 36.1. The molecule has 1 amide bonds. The minimum Gasteiger partial charge on any atom is -0.477 e. The Kier molecular flexibility index (Phi) is 5.64. The molecule has 12 heteroatoms. The van der Waals surface area contributed by atoms with Gasteiger partial charge in [-0.15, -0.1) is 11.8 Å². The monoisotopic (exact) mass is 414 g/mol. The van der Waals surface area contributed by atoms with E-state index in [1.807, 2.05) is 6.92 Å². The Morgan fingerprint density at radius 2 is 2.21 bits per heavy atom. The molecule has 0 spiro atoms. The standard InChI is InChI=1S/C16H22N4O7S/c1-6-12-11(7(2)21)15(22)20(12)13(16(23)24)14(6)28-8-3-9(17-4-8)10(18-25)5-19(26)27/h6-9,11-12,17,21,25H,3-5H2,1-2H3,(H,23,24)/b18-10+/t6-,7-,8+,9+,11-,12-/m1/s1. The summed E-state index contributed by atoms with van der Waals surface area (Å²) in [5.41, 5.74) is -0.0256. The van der Waals surface area contributed by atoms with Crippen LogP contribution in [0, 0.1) is 22.0 Å². The van der Waals surface area contributed by atoms with Gasteiger partial charge in [-0.3, -0.25) is 14.9 Å². The fraction of sp³-hybridized carbons (Fsp3) is 0.688. The zero-order valence-corrected chi connectivity index (χ0v) is 16.1. The van der Waals surface area contributed by atoms with E-state index < -0.39 is 35.5 Å². The number of aliphatic carboxylic acids is 1. The number of thioether (sulfide) groups is 1. The Morgan fingerprint density at radius 3 is 2.75 bits per heavy atom. The van der Waals surface area contributed by atoms with Crippen LogP contribution in [-0.2, 0) is 9.59 Å². The Morgan fingerprint density at radius 1 is 1.54 bits per heavy atom. The molecule has 6 atom stereocenters. The number of nitro groups is 1. The number of carboxylic acid groups (broad SMARTS) is 1. The lowest BCUT2D eigenvalue weighted by Crippen LogP contribution is -2.63. The number of carbonyl (C=O) groups is 2. The predicted octanol–water partition coefficient (Wildman–Crippen LogP) is -0.289. The Balaban J connectivity index is 1.76. The van der Waals surface area contributed by atoms with Crippen molar-refractivity contribution in [2.45, 2.75) is 43.7 Å². The van der Waals surface area contributed by atoms with Gasteiger partial charge in [0.25, 0.3) is 0 Å². The number of rotatable bonds is 7. The minimum absolute atomic E-state index is 0.0215. The third-order valence-corrected chi connectivity index (χ3v) is 7.03. The van der Waals surface area contributed by atoms with E-state index in [1.54, 1.807) is 0 Å². The molecular weight excluding hydrogens is 392 g/mol. The van der Waals surface area contributed by atoms with Crippen molar-refractivity contribution < 1.29 is 29.9 Å². The molecule has 0 aromatic rings. The van der Waals surface area contributed by atoms with E-state index in [1.165, 1.54) is 23.6 Å². The molecule has 11 nitrogen and oxygen atoms in total. The summed E-state index contributed by atoms with van der Waals surface area (Å²) in [6.07, 6.45) is -0.432. The topological polar surface area (TPSA) is 166 Å². The fourth-order valence-corrected chi connectivity index (χ4v) is 5.73. The molecule has 154 valence electrons. The van der Waals surface area contributed by atoms with E-state index in [0.717, 1.165) is 0 Å². The third kappa shape index (κ3) is 3.35. The highest BCUT2D eigenvalue weighted by molar-refractivity contribution is 8.03. The summed E-state index contributed by atoms with van der Waals surface area (Å²) < 4.78 is 0. The molecule has 4 N–H and O–H groups in total. The van der Waals surface area contributed by atoms with Crippen LogP contribution < -0.4 is 5.32 Å². The van der Waals surface area contributed by atoms with E-state index in [0.29, 0.717) is 17.9 Å². The number of aliphatic hydroxyl groups is 1. The number of fused-ring (bicyclic) bond motifs is 1. The second-order valence-electron chi connectivity index (χ2n) is 7.29. The molecule has 3 aliphatic rings. The van der Waals surface area contributed by atoms with Crippen molar-refractivity contribution in [3.63, 3.8) is 0 Å². The zero-order valence-electron chi connectivity index (χ0n) is 15.3. The van der Waals surface area contributed by atoms with Crippen molar-refractivity contribution in [2.75, 3.05) is 13.1 Å². The number of carboxylic acids is 1. The third-order valence-electron chi connectivity index (χ3n) is 5.52. The van der Waals surface area contributed by atoms with Gasteiger partial charge in [-0.2, -0.15) is 0 Å². The molecule has 0 unspecified atom stereocenters. The van der Waals surface area contributed by atoms with Gasteiger partial charge in [0.2, 0.25) is 12.5 Å². The molecule has 28 heavy (non-hydrogen) atoms. The van der Waals surface area contributed by atoms with Gasteiger partial charge in [0.05, 0.1) is 24.1 Å². The SMILES string of the molecule is C[C@@H](O)[C@H]1C(=O)N2C(C(=O)O)=C(S[C@@H]3CN[C@H](/C(C[N+](=O)[O-])=N/O)C3)[C@H](C)[C@H]12. The number of oxime groups is 1. The fourth-order valence-electron chi connectivity index (χ4n) is 4.25. The number of nitrogens with zero attached hydrogens (tertiary/aromatic N) is 3. The van der Waals surface area contributed by atoms with Crippen LogP contribution in [0.3, 0.4) is 0 Å². The van der Waals surface area contributed by atoms with Crippen LogP contribution in [0.25, 0.3) is 0 Å². The van der Waals surface area contributed by atoms with Crippen molar-refractivity contribution >= 4 is 29.4 Å². The first-order valence-electron chi connectivity index (χ1n) is 8.88. The van der Waals surface area contributed by atoms with Crippen LogP contribution in [-0.4, -0.2) is 79.4 Å². The van der Waals surface area contributed by atoms with Gasteiger partial charge < -0.3 is 25.6 Å². The number of carbonyl (C=O) groups excluding carboxylic acids is 1. The zero-order chi connectivity index (χ0) is 20.7. The molecule has 0 aromatic heterocycles. The maximum absolute atomic E-state index is 12.4. The summed E-state index contributed by atoms with van der Waals surface area (Å²) >= 11 is 1.33. The molecule has 3 aliphatic heterocycles. The van der Waals surface area contributed by atoms with Crippen LogP contribution in [0.4, 0.5) is 0 Å². The largest absolute Gasteiger partial charge is 0.477 e. The maximum Gasteiger partial charge on any atom is 0.353 e. The van der Waals surface area contributed by atoms with Gasteiger partial charge in [-0.05, 0) is 13.3 Å². The number of nitrogens with one attached hydrogen (secondary N) is 1. The van der Waals surface area contributed by atoms with E-state index in [4.69, 9.17) is 5.21 Å². The molecule has 0 radical (unpaired) electrons. The summed E-state index contributed by atoms with van der Waals surface area (Å²) in [5, 5.41) is 45.2. The van der Waals surface area contributed by atoms with Gasteiger partial charge in [-0.25, -0.2) is 4.79 Å². The second kappa shape index (κ2) is 7.68. The summed E-state index contributed by atoms with van der Waals surface area (Å²) in [5.74, 6) is -2.44. The van der Waals surface area contributed by atoms with E-state index in [9.17, 15) is 29.9 Å². The van der Waals surface area contributed by atoms with Gasteiger partial charge >= 0.3 is 5.97 Å². The lowest BCUT2D eigenvalue weighted by Gasteiger charge is -2.46. The van der Waals surface area contributed by atoms with Crippen molar-refractivity contribution in [2.24, 2.45) is 17.0 Å². The van der Waals surface area contributed by atoms with Crippen molar-refractivity contribution in [3.8, 4) is 0 Å². The van der Waals surface area contributed by atoms with E-state index in [-0.39, 0.29) is 34.5 Å². The van der Waals surface area contributed by atoms with Gasteiger partial charge in [0, 0.05) is 27.5 Å². The molecular formula is C16H22N4O7S. The van der Waals surface area contributed by atoms with Crippen LogP contribution in [0.1, 0.15) is 20.3 Å². The van der Waals surface area contributed by atoms with Gasteiger partial charge in [0.15, 0.2) is 0 Å². The van der Waals surface area contributed by atoms with Crippen molar-refractivity contribution in [3.05, 3.63) is 20.7 Å². The normalized spacial score (nSPS) is 33.7. The Bertz CT molecular complexity index is 768. The number of aliphatic hydroxyl groups excluding tert-OH is 1. The van der Waals surface area contributed by atoms with Crippen LogP contribution >= 0.6 is 11.8 Å². The quantitative estimate of drug-likeness (QED) is 0.144. The average Bonchev–Trinajstić information content (AvgIpc) is 3.15. The van der Waals surface area contributed by atoms with Crippen molar-refractivity contribution in [1.82, 2.24) is 10.2 Å². The van der Waals surface area contributed by atoms with E-state index in [2.05, 4.69) is 10.5 Å². The van der Waals surface area contributed by atoms with Crippen LogP contribution in [0.15, 0.2) is 15.8 Å². The Labute approximate surface area is 164 Å². The molecule has 0 saturated carbocycles. The molecule has 3 heterocycles. The highest BCUT2D eigenvalue weighted by atomic mass is 32.2. The summed E-state index contributed by atoms with van der Waals surface area (Å²) in [6, 6.07) is -0.849. The maximum atomic E-state index is 12.4. The van der Waals surface area contributed by atoms with Crippen LogP contribution in [0.5, 0.6) is 0 Å². The minimum atomic E-state index is -1.19. The highest BCUT2D eigenvalue weighted by Crippen LogP contribution is 2.51. The molecule has 2 saturated heterocycles. The molecule has 3 rings (SSSR count). The van der Waals surface area contributed by atoms with E-state index >= 15 is 0 Å². The number of amides is 1. The number of hydrogen-bond acceptors (Lipinski definition) is 9. The second-order valence-corrected chi connectivity index (χ2v) is 8.63. The lowest BCUT2D eigenvalue weighted by molar-refractivity contribution is -0.463. The van der Waals surface area contributed by atoms with Gasteiger partial charge in [-0.1, -0.05) is 12.1 Å². The van der Waals surface area contributed by atoms with Crippen molar-refractivity contribution in [1.29, 1.82) is 0 Å². The number of hydrogen-bond donors (Lipinski definition) is 4. The predicted molar refractivity (Wildman–Crippen MR) is 98.5 cm³/mol. The Hall–Kier alpha value is -2.18. The first-order valence-corrected chi connectivity index (χ1v) is 9.76. The number of β-lactam (4-membered cyclic amide) rings is 1. The lowest BCUT2D eigenvalue weighted by atomic mass is 9.79. The molecule has 0 aromatic carbocycles.